The monoisotopic (exact) mass is 294 g/mol. The summed E-state index contributed by atoms with van der Waals surface area (Å²) in [5.41, 5.74) is 8.32. The van der Waals surface area contributed by atoms with E-state index in [0.717, 1.165) is 5.56 Å². The summed E-state index contributed by atoms with van der Waals surface area (Å²) in [6, 6.07) is 10.0. The van der Waals surface area contributed by atoms with Gasteiger partial charge in [0.2, 0.25) is 0 Å². The Labute approximate surface area is 121 Å². The average Bonchev–Trinajstić information content (AvgIpc) is 2.31. The van der Waals surface area contributed by atoms with E-state index in [1.165, 1.54) is 0 Å². The normalized spacial score (nSPS) is 10.3. The zero-order valence-electron chi connectivity index (χ0n) is 10.2. The fraction of sp³-hybridized carbons (Fsp3) is 0.0714. The summed E-state index contributed by atoms with van der Waals surface area (Å²) < 4.78 is 0. The summed E-state index contributed by atoms with van der Waals surface area (Å²) in [5, 5.41) is 3.65. The minimum absolute atomic E-state index is 0.259. The van der Waals surface area contributed by atoms with Crippen LogP contribution >= 0.6 is 23.2 Å². The van der Waals surface area contributed by atoms with E-state index in [2.05, 4.69) is 5.32 Å². The van der Waals surface area contributed by atoms with Gasteiger partial charge in [0.25, 0.3) is 5.91 Å². The lowest BCUT2D eigenvalue weighted by molar-refractivity contribution is 0.102. The van der Waals surface area contributed by atoms with E-state index >= 15 is 0 Å². The molecule has 2 aromatic rings. The summed E-state index contributed by atoms with van der Waals surface area (Å²) in [7, 11) is 0. The molecule has 1 amide bonds. The number of nitrogens with one attached hydrogen (secondary N) is 1. The van der Waals surface area contributed by atoms with Gasteiger partial charge in [-0.25, -0.2) is 0 Å². The Morgan fingerprint density at radius 2 is 1.74 bits per heavy atom. The van der Waals surface area contributed by atoms with E-state index in [9.17, 15) is 4.79 Å². The molecule has 5 heteroatoms. The Morgan fingerprint density at radius 1 is 1.11 bits per heavy atom. The van der Waals surface area contributed by atoms with Crippen molar-refractivity contribution in [3.05, 3.63) is 57.6 Å². The van der Waals surface area contributed by atoms with Crippen LogP contribution in [-0.2, 0) is 0 Å². The van der Waals surface area contributed by atoms with Crippen LogP contribution in [0.15, 0.2) is 36.4 Å². The van der Waals surface area contributed by atoms with Gasteiger partial charge in [-0.2, -0.15) is 0 Å². The first-order chi connectivity index (χ1) is 8.95. The number of hydrogen-bond donors (Lipinski definition) is 2. The maximum atomic E-state index is 12.0. The molecule has 2 rings (SSSR count). The van der Waals surface area contributed by atoms with E-state index in [4.69, 9.17) is 28.9 Å². The third-order valence-electron chi connectivity index (χ3n) is 2.66. The molecule has 0 aliphatic heterocycles. The topological polar surface area (TPSA) is 55.1 Å². The van der Waals surface area contributed by atoms with Crippen LogP contribution in [-0.4, -0.2) is 5.91 Å². The summed E-state index contributed by atoms with van der Waals surface area (Å²) in [5.74, 6) is -0.259. The van der Waals surface area contributed by atoms with Crippen LogP contribution < -0.4 is 11.1 Å². The van der Waals surface area contributed by atoms with Crippen molar-refractivity contribution in [3.63, 3.8) is 0 Å². The molecular weight excluding hydrogens is 283 g/mol. The standard InChI is InChI=1S/C14H12Cl2N2O/c1-8-2-3-9(4-13(8)17)14(19)18-12-6-10(15)5-11(16)7-12/h2-7H,17H2,1H3,(H,18,19). The first-order valence-corrected chi connectivity index (χ1v) is 6.35. The van der Waals surface area contributed by atoms with Gasteiger partial charge in [0.1, 0.15) is 0 Å². The van der Waals surface area contributed by atoms with Crippen LogP contribution in [0.3, 0.4) is 0 Å². The number of carbonyl (C=O) groups excluding carboxylic acids is 1. The van der Waals surface area contributed by atoms with Gasteiger partial charge in [0.15, 0.2) is 0 Å². The third-order valence-corrected chi connectivity index (χ3v) is 3.10. The van der Waals surface area contributed by atoms with Gasteiger partial charge in [-0.1, -0.05) is 29.3 Å². The molecule has 0 saturated carbocycles. The van der Waals surface area contributed by atoms with Crippen LogP contribution in [0, 0.1) is 6.92 Å². The van der Waals surface area contributed by atoms with Gasteiger partial charge in [0, 0.05) is 27.0 Å². The number of nitrogens with two attached hydrogens (primary N) is 1. The summed E-state index contributed by atoms with van der Waals surface area (Å²) in [6.45, 7) is 1.88. The molecular formula is C14H12Cl2N2O. The summed E-state index contributed by atoms with van der Waals surface area (Å²) in [4.78, 5) is 12.0. The van der Waals surface area contributed by atoms with Crippen LogP contribution in [0.25, 0.3) is 0 Å². The number of anilines is 2. The van der Waals surface area contributed by atoms with Gasteiger partial charge in [-0.15, -0.1) is 0 Å². The van der Waals surface area contributed by atoms with E-state index in [-0.39, 0.29) is 5.91 Å². The molecule has 3 N–H and O–H groups in total. The van der Waals surface area contributed by atoms with Gasteiger partial charge >= 0.3 is 0 Å². The molecule has 0 atom stereocenters. The molecule has 0 fully saturated rings. The molecule has 0 bridgehead atoms. The van der Waals surface area contributed by atoms with Gasteiger partial charge in [0.05, 0.1) is 0 Å². The molecule has 0 unspecified atom stereocenters. The molecule has 0 saturated heterocycles. The van der Waals surface area contributed by atoms with Gasteiger partial charge < -0.3 is 11.1 Å². The number of carbonyl (C=O) groups is 1. The molecule has 2 aromatic carbocycles. The second-order valence-electron chi connectivity index (χ2n) is 4.18. The minimum atomic E-state index is -0.259. The zero-order chi connectivity index (χ0) is 14.0. The predicted molar refractivity (Wildman–Crippen MR) is 80.0 cm³/mol. The lowest BCUT2D eigenvalue weighted by atomic mass is 10.1. The van der Waals surface area contributed by atoms with Crippen LogP contribution in [0.1, 0.15) is 15.9 Å². The van der Waals surface area contributed by atoms with E-state index < -0.39 is 0 Å². The van der Waals surface area contributed by atoms with Crippen molar-refractivity contribution in [1.82, 2.24) is 0 Å². The first-order valence-electron chi connectivity index (χ1n) is 5.59. The third kappa shape index (κ3) is 3.40. The first kappa shape index (κ1) is 13.7. The van der Waals surface area contributed by atoms with E-state index in [1.807, 2.05) is 6.92 Å². The zero-order valence-corrected chi connectivity index (χ0v) is 11.7. The molecule has 0 aliphatic carbocycles. The van der Waals surface area contributed by atoms with Crippen molar-refractivity contribution in [2.24, 2.45) is 0 Å². The Kier molecular flexibility index (Phi) is 3.98. The molecule has 0 heterocycles. The Bertz CT molecular complexity index is 621. The van der Waals surface area contributed by atoms with Crippen molar-refractivity contribution < 1.29 is 4.79 Å². The number of hydrogen-bond acceptors (Lipinski definition) is 2. The van der Waals surface area contributed by atoms with Crippen molar-refractivity contribution in [1.29, 1.82) is 0 Å². The number of nitrogen functional groups attached to an aromatic ring is 1. The van der Waals surface area contributed by atoms with Crippen LogP contribution in [0.5, 0.6) is 0 Å². The second kappa shape index (κ2) is 5.51. The highest BCUT2D eigenvalue weighted by Gasteiger charge is 2.08. The van der Waals surface area contributed by atoms with E-state index in [1.54, 1.807) is 36.4 Å². The Balaban J connectivity index is 2.22. The number of halogens is 2. The Morgan fingerprint density at radius 3 is 2.32 bits per heavy atom. The number of benzene rings is 2. The number of rotatable bonds is 2. The highest BCUT2D eigenvalue weighted by atomic mass is 35.5. The molecule has 0 aliphatic rings. The molecule has 98 valence electrons. The number of amides is 1. The lowest BCUT2D eigenvalue weighted by Gasteiger charge is -2.08. The summed E-state index contributed by atoms with van der Waals surface area (Å²) in [6.07, 6.45) is 0. The van der Waals surface area contributed by atoms with Crippen molar-refractivity contribution in [2.45, 2.75) is 6.92 Å². The molecule has 0 spiro atoms. The smallest absolute Gasteiger partial charge is 0.255 e. The second-order valence-corrected chi connectivity index (χ2v) is 5.06. The van der Waals surface area contributed by atoms with Crippen molar-refractivity contribution >= 4 is 40.5 Å². The highest BCUT2D eigenvalue weighted by molar-refractivity contribution is 6.35. The maximum Gasteiger partial charge on any atom is 0.255 e. The molecule has 3 nitrogen and oxygen atoms in total. The SMILES string of the molecule is Cc1ccc(C(=O)Nc2cc(Cl)cc(Cl)c2)cc1N. The van der Waals surface area contributed by atoms with Crippen molar-refractivity contribution in [3.8, 4) is 0 Å². The van der Waals surface area contributed by atoms with Crippen LogP contribution in [0.4, 0.5) is 11.4 Å². The molecule has 19 heavy (non-hydrogen) atoms. The quantitative estimate of drug-likeness (QED) is 0.818. The van der Waals surface area contributed by atoms with Gasteiger partial charge in [-0.3, -0.25) is 4.79 Å². The molecule has 0 aromatic heterocycles. The van der Waals surface area contributed by atoms with E-state index in [0.29, 0.717) is 27.0 Å². The molecule has 0 radical (unpaired) electrons. The number of aryl methyl sites for hydroxylation is 1. The highest BCUT2D eigenvalue weighted by Crippen LogP contribution is 2.23. The lowest BCUT2D eigenvalue weighted by Crippen LogP contribution is -2.12. The fourth-order valence-corrected chi connectivity index (χ4v) is 2.14. The fourth-order valence-electron chi connectivity index (χ4n) is 1.61. The largest absolute Gasteiger partial charge is 0.398 e. The van der Waals surface area contributed by atoms with Crippen LogP contribution in [0.2, 0.25) is 10.0 Å². The average molecular weight is 295 g/mol. The summed E-state index contributed by atoms with van der Waals surface area (Å²) >= 11 is 11.7. The minimum Gasteiger partial charge on any atom is -0.398 e. The van der Waals surface area contributed by atoms with Gasteiger partial charge in [-0.05, 0) is 42.8 Å². The van der Waals surface area contributed by atoms with Crippen molar-refractivity contribution in [2.75, 3.05) is 11.1 Å². The maximum absolute atomic E-state index is 12.0. The Hall–Kier alpha value is -1.71. The predicted octanol–water partition coefficient (Wildman–Crippen LogP) is 4.14.